The van der Waals surface area contributed by atoms with E-state index in [1.807, 2.05) is 61.5 Å². The van der Waals surface area contributed by atoms with Crippen LogP contribution in [0.1, 0.15) is 34.3 Å². The van der Waals surface area contributed by atoms with E-state index in [9.17, 15) is 14.4 Å². The Morgan fingerprint density at radius 2 is 1.54 bits per heavy atom. The number of benzene rings is 3. The van der Waals surface area contributed by atoms with E-state index in [1.54, 1.807) is 24.3 Å². The molecule has 0 radical (unpaired) electrons. The molecule has 35 heavy (non-hydrogen) atoms. The summed E-state index contributed by atoms with van der Waals surface area (Å²) in [6.07, 6.45) is 0.525. The highest BCUT2D eigenvalue weighted by Crippen LogP contribution is 2.15. The van der Waals surface area contributed by atoms with E-state index < -0.39 is 11.9 Å². The molecule has 0 aromatic heterocycles. The highest BCUT2D eigenvalue weighted by molar-refractivity contribution is 7.80. The molecule has 0 unspecified atom stereocenters. The van der Waals surface area contributed by atoms with Gasteiger partial charge in [0.2, 0.25) is 5.91 Å². The Labute approximate surface area is 209 Å². The number of carbonyl (C=O) groups is 3. The topological polar surface area (TPSA) is 96.5 Å². The first kappa shape index (κ1) is 25.6. The van der Waals surface area contributed by atoms with Crippen molar-refractivity contribution in [2.24, 2.45) is 0 Å². The third-order valence-electron chi connectivity index (χ3n) is 4.96. The summed E-state index contributed by atoms with van der Waals surface area (Å²) in [4.78, 5) is 36.6. The summed E-state index contributed by atoms with van der Waals surface area (Å²) >= 11 is 5.18. The molecule has 3 aromatic rings. The smallest absolute Gasteiger partial charge is 0.306 e. The van der Waals surface area contributed by atoms with E-state index in [1.165, 1.54) is 0 Å². The maximum absolute atomic E-state index is 12.6. The Morgan fingerprint density at radius 3 is 2.29 bits per heavy atom. The SMILES string of the molecule is Cc1cccc(NC(=O)c2cccc(NC(=S)NC(=O)CCC(=O)OCCc3ccccc3)c2)c1. The van der Waals surface area contributed by atoms with Crippen LogP contribution in [0, 0.1) is 6.92 Å². The van der Waals surface area contributed by atoms with Gasteiger partial charge in [0.25, 0.3) is 5.91 Å². The third-order valence-corrected chi connectivity index (χ3v) is 5.17. The second-order valence-corrected chi connectivity index (χ2v) is 8.27. The van der Waals surface area contributed by atoms with Crippen molar-refractivity contribution in [1.82, 2.24) is 5.32 Å². The van der Waals surface area contributed by atoms with Gasteiger partial charge in [-0.05, 0) is 60.6 Å². The zero-order valence-corrected chi connectivity index (χ0v) is 20.2. The Hall–Kier alpha value is -4.04. The number of amides is 2. The second kappa shape index (κ2) is 13.0. The zero-order chi connectivity index (χ0) is 25.0. The molecule has 7 nitrogen and oxygen atoms in total. The molecule has 3 rings (SSSR count). The van der Waals surface area contributed by atoms with Crippen molar-refractivity contribution < 1.29 is 19.1 Å². The monoisotopic (exact) mass is 489 g/mol. The van der Waals surface area contributed by atoms with Crippen molar-refractivity contribution in [2.75, 3.05) is 17.2 Å². The summed E-state index contributed by atoms with van der Waals surface area (Å²) in [5, 5.41) is 8.34. The number of thiocarbonyl (C=S) groups is 1. The van der Waals surface area contributed by atoms with Crippen molar-refractivity contribution in [3.63, 3.8) is 0 Å². The molecule has 0 fully saturated rings. The fourth-order valence-electron chi connectivity index (χ4n) is 3.23. The molecular weight excluding hydrogens is 462 g/mol. The molecule has 3 N–H and O–H groups in total. The minimum atomic E-state index is -0.442. The first-order valence-corrected chi connectivity index (χ1v) is 11.6. The van der Waals surface area contributed by atoms with Gasteiger partial charge in [-0.2, -0.15) is 0 Å². The Morgan fingerprint density at radius 1 is 0.829 bits per heavy atom. The number of carbonyl (C=O) groups excluding carboxylic acids is 3. The Balaban J connectivity index is 1.40. The van der Waals surface area contributed by atoms with Gasteiger partial charge in [0.05, 0.1) is 13.0 Å². The number of ether oxygens (including phenoxy) is 1. The number of esters is 1. The van der Waals surface area contributed by atoms with Gasteiger partial charge < -0.3 is 20.7 Å². The average Bonchev–Trinajstić information content (AvgIpc) is 2.83. The first-order valence-electron chi connectivity index (χ1n) is 11.2. The maximum atomic E-state index is 12.6. The highest BCUT2D eigenvalue weighted by Gasteiger charge is 2.11. The van der Waals surface area contributed by atoms with Gasteiger partial charge in [-0.3, -0.25) is 14.4 Å². The van der Waals surface area contributed by atoms with Gasteiger partial charge in [-0.25, -0.2) is 0 Å². The summed E-state index contributed by atoms with van der Waals surface area (Å²) in [6.45, 7) is 2.21. The highest BCUT2D eigenvalue weighted by atomic mass is 32.1. The molecule has 0 aliphatic rings. The normalized spacial score (nSPS) is 10.2. The van der Waals surface area contributed by atoms with Gasteiger partial charge in [-0.1, -0.05) is 48.5 Å². The van der Waals surface area contributed by atoms with Gasteiger partial charge in [0.15, 0.2) is 5.11 Å². The van der Waals surface area contributed by atoms with Gasteiger partial charge in [-0.15, -0.1) is 0 Å². The number of anilines is 2. The van der Waals surface area contributed by atoms with E-state index in [-0.39, 0.29) is 30.5 Å². The fourth-order valence-corrected chi connectivity index (χ4v) is 3.46. The molecule has 0 saturated carbocycles. The van der Waals surface area contributed by atoms with Crippen LogP contribution in [0.15, 0.2) is 78.9 Å². The summed E-state index contributed by atoms with van der Waals surface area (Å²) in [5.41, 5.74) is 3.80. The number of hydrogen-bond donors (Lipinski definition) is 3. The fraction of sp³-hybridized carbons (Fsp3) is 0.185. The largest absolute Gasteiger partial charge is 0.465 e. The van der Waals surface area contributed by atoms with Crippen molar-refractivity contribution >= 4 is 46.5 Å². The van der Waals surface area contributed by atoms with Crippen LogP contribution in [0.25, 0.3) is 0 Å². The van der Waals surface area contributed by atoms with Crippen LogP contribution in [0.5, 0.6) is 0 Å². The molecule has 3 aromatic carbocycles. The third kappa shape index (κ3) is 9.02. The van der Waals surface area contributed by atoms with Crippen molar-refractivity contribution in [1.29, 1.82) is 0 Å². The zero-order valence-electron chi connectivity index (χ0n) is 19.4. The van der Waals surface area contributed by atoms with Crippen LogP contribution in [0.3, 0.4) is 0 Å². The lowest BCUT2D eigenvalue weighted by Crippen LogP contribution is -2.34. The van der Waals surface area contributed by atoms with E-state index >= 15 is 0 Å². The quantitative estimate of drug-likeness (QED) is 0.300. The van der Waals surface area contributed by atoms with Crippen LogP contribution < -0.4 is 16.0 Å². The summed E-state index contributed by atoms with van der Waals surface area (Å²) < 4.78 is 5.18. The summed E-state index contributed by atoms with van der Waals surface area (Å²) in [7, 11) is 0. The lowest BCUT2D eigenvalue weighted by atomic mass is 10.1. The van der Waals surface area contributed by atoms with Crippen molar-refractivity contribution in [3.05, 3.63) is 95.6 Å². The van der Waals surface area contributed by atoms with Crippen molar-refractivity contribution in [3.8, 4) is 0 Å². The van der Waals surface area contributed by atoms with Gasteiger partial charge in [0, 0.05) is 29.8 Å². The number of nitrogens with one attached hydrogen (secondary N) is 3. The minimum Gasteiger partial charge on any atom is -0.465 e. The molecule has 0 spiro atoms. The molecular formula is C27H27N3O4S. The van der Waals surface area contributed by atoms with Gasteiger partial charge >= 0.3 is 5.97 Å². The maximum Gasteiger partial charge on any atom is 0.306 e. The predicted molar refractivity (Wildman–Crippen MR) is 140 cm³/mol. The Kier molecular flexibility index (Phi) is 9.50. The van der Waals surface area contributed by atoms with Crippen LogP contribution in [-0.4, -0.2) is 29.5 Å². The minimum absolute atomic E-state index is 0.0438. The number of aryl methyl sites for hydroxylation is 1. The molecule has 0 aliphatic heterocycles. The number of hydrogen-bond acceptors (Lipinski definition) is 5. The molecule has 0 saturated heterocycles. The molecule has 0 aliphatic carbocycles. The molecule has 0 heterocycles. The van der Waals surface area contributed by atoms with Crippen molar-refractivity contribution in [2.45, 2.75) is 26.2 Å². The molecule has 180 valence electrons. The van der Waals surface area contributed by atoms with Crippen LogP contribution >= 0.6 is 12.2 Å². The molecule has 8 heteroatoms. The van der Waals surface area contributed by atoms with Crippen LogP contribution in [0.2, 0.25) is 0 Å². The number of rotatable bonds is 9. The van der Waals surface area contributed by atoms with E-state index in [0.717, 1.165) is 11.1 Å². The lowest BCUT2D eigenvalue weighted by molar-refractivity contribution is -0.144. The standard InChI is InChI=1S/C27H27N3O4S/c1-19-7-5-11-22(17-19)28-26(33)21-10-6-12-23(18-21)29-27(35)30-24(31)13-14-25(32)34-16-15-20-8-3-2-4-9-20/h2-12,17-18H,13-16H2,1H3,(H,28,33)(H2,29,30,31,35). The summed E-state index contributed by atoms with van der Waals surface area (Å²) in [6, 6.07) is 24.0. The summed E-state index contributed by atoms with van der Waals surface area (Å²) in [5.74, 6) is -1.11. The lowest BCUT2D eigenvalue weighted by Gasteiger charge is -2.11. The van der Waals surface area contributed by atoms with E-state index in [0.29, 0.717) is 23.4 Å². The predicted octanol–water partition coefficient (Wildman–Crippen LogP) is 4.63. The van der Waals surface area contributed by atoms with Gasteiger partial charge in [0.1, 0.15) is 0 Å². The Bertz CT molecular complexity index is 1200. The van der Waals surface area contributed by atoms with E-state index in [2.05, 4.69) is 16.0 Å². The molecule has 2 amide bonds. The van der Waals surface area contributed by atoms with Crippen LogP contribution in [0.4, 0.5) is 11.4 Å². The average molecular weight is 490 g/mol. The molecule has 0 bridgehead atoms. The van der Waals surface area contributed by atoms with E-state index in [4.69, 9.17) is 17.0 Å². The molecule has 0 atom stereocenters. The first-order chi connectivity index (χ1) is 16.9. The second-order valence-electron chi connectivity index (χ2n) is 7.86. The van der Waals surface area contributed by atoms with Crippen LogP contribution in [-0.2, 0) is 20.7 Å².